The van der Waals surface area contributed by atoms with Gasteiger partial charge in [-0.2, -0.15) is 11.8 Å². The Morgan fingerprint density at radius 3 is 2.10 bits per heavy atom. The first-order valence-electron chi connectivity index (χ1n) is 13.3. The van der Waals surface area contributed by atoms with Crippen LogP contribution in [0, 0.1) is 0 Å². The van der Waals surface area contributed by atoms with E-state index in [1.807, 2.05) is 36.6 Å². The van der Waals surface area contributed by atoms with E-state index in [-0.39, 0.29) is 25.2 Å². The van der Waals surface area contributed by atoms with Gasteiger partial charge in [-0.1, -0.05) is 30.3 Å². The molecule has 0 aromatic heterocycles. The molecule has 1 aromatic rings. The van der Waals surface area contributed by atoms with E-state index in [1.54, 1.807) is 0 Å². The van der Waals surface area contributed by atoms with Gasteiger partial charge in [0.1, 0.15) is 18.1 Å². The zero-order valence-electron chi connectivity index (χ0n) is 23.0. The monoisotopic (exact) mass is 580 g/mol. The molecule has 14 heteroatoms. The van der Waals surface area contributed by atoms with Gasteiger partial charge in [-0.25, -0.2) is 4.79 Å². The molecule has 0 saturated heterocycles. The molecule has 1 aromatic carbocycles. The molecule has 12 N–H and O–H groups in total. The molecule has 0 fully saturated rings. The lowest BCUT2D eigenvalue weighted by Gasteiger charge is -2.25. The number of guanidine groups is 1. The van der Waals surface area contributed by atoms with Crippen molar-refractivity contribution in [3.8, 4) is 0 Å². The summed E-state index contributed by atoms with van der Waals surface area (Å²) in [4.78, 5) is 54.9. The number of nitrogens with zero attached hydrogens (tertiary/aromatic N) is 1. The van der Waals surface area contributed by atoms with Crippen LogP contribution in [-0.2, 0) is 25.6 Å². The summed E-state index contributed by atoms with van der Waals surface area (Å²) >= 11 is 1.46. The lowest BCUT2D eigenvalue weighted by Crippen LogP contribution is -2.57. The smallest absolute Gasteiger partial charge is 0.326 e. The van der Waals surface area contributed by atoms with Crippen molar-refractivity contribution < 1.29 is 24.3 Å². The lowest BCUT2D eigenvalue weighted by molar-refractivity contribution is -0.142. The van der Waals surface area contributed by atoms with E-state index in [0.717, 1.165) is 5.56 Å². The molecule has 1 rings (SSSR count). The molecule has 0 aliphatic rings. The second-order valence-corrected chi connectivity index (χ2v) is 10.3. The number of nitrogens with two attached hydrogens (primary N) is 4. The molecular formula is C26H44N8O5S. The van der Waals surface area contributed by atoms with Crippen LogP contribution in [0.15, 0.2) is 35.3 Å². The third kappa shape index (κ3) is 14.1. The number of hydrogen-bond acceptors (Lipinski definition) is 8. The van der Waals surface area contributed by atoms with Gasteiger partial charge in [0.25, 0.3) is 0 Å². The number of carbonyl (C=O) groups is 4. The van der Waals surface area contributed by atoms with Crippen molar-refractivity contribution in [3.63, 3.8) is 0 Å². The molecule has 0 saturated carbocycles. The fourth-order valence-electron chi connectivity index (χ4n) is 3.79. The Hall–Kier alpha value is -3.36. The molecule has 4 unspecified atom stereocenters. The van der Waals surface area contributed by atoms with Gasteiger partial charge in [0, 0.05) is 13.0 Å². The fourth-order valence-corrected chi connectivity index (χ4v) is 4.26. The number of hydrogen-bond donors (Lipinski definition) is 8. The van der Waals surface area contributed by atoms with E-state index < -0.39 is 47.9 Å². The maximum atomic E-state index is 13.4. The molecule has 0 radical (unpaired) electrons. The Balaban J connectivity index is 3.04. The summed E-state index contributed by atoms with van der Waals surface area (Å²) in [6, 6.07) is 5.04. The van der Waals surface area contributed by atoms with Crippen LogP contribution >= 0.6 is 11.8 Å². The highest BCUT2D eigenvalue weighted by molar-refractivity contribution is 7.98. The molecule has 4 atom stereocenters. The van der Waals surface area contributed by atoms with E-state index in [0.29, 0.717) is 44.5 Å². The van der Waals surface area contributed by atoms with E-state index in [9.17, 15) is 24.3 Å². The Morgan fingerprint density at radius 2 is 1.50 bits per heavy atom. The van der Waals surface area contributed by atoms with Gasteiger partial charge in [0.05, 0.1) is 6.04 Å². The van der Waals surface area contributed by atoms with Gasteiger partial charge in [-0.3, -0.25) is 19.4 Å². The number of carboxylic acid groups (broad SMARTS) is 1. The second kappa shape index (κ2) is 19.7. The number of nitrogens with one attached hydrogen (secondary N) is 3. The molecule has 0 heterocycles. The number of aliphatic imine (C=N–C) groups is 1. The van der Waals surface area contributed by atoms with Gasteiger partial charge < -0.3 is 44.0 Å². The molecule has 40 heavy (non-hydrogen) atoms. The normalized spacial score (nSPS) is 13.8. The van der Waals surface area contributed by atoms with Gasteiger partial charge in [-0.15, -0.1) is 0 Å². The minimum absolute atomic E-state index is 0.0541. The van der Waals surface area contributed by atoms with Crippen LogP contribution in [0.1, 0.15) is 44.1 Å². The predicted octanol–water partition coefficient (Wildman–Crippen LogP) is -0.969. The average molecular weight is 581 g/mol. The van der Waals surface area contributed by atoms with Crippen molar-refractivity contribution >= 4 is 41.4 Å². The topological polar surface area (TPSA) is 241 Å². The third-order valence-electron chi connectivity index (χ3n) is 6.03. The summed E-state index contributed by atoms with van der Waals surface area (Å²) in [5.74, 6) is -2.40. The molecule has 13 nitrogen and oxygen atoms in total. The van der Waals surface area contributed by atoms with E-state index >= 15 is 0 Å². The van der Waals surface area contributed by atoms with Crippen LogP contribution < -0.4 is 38.9 Å². The summed E-state index contributed by atoms with van der Waals surface area (Å²) < 4.78 is 0. The number of unbranched alkanes of at least 4 members (excludes halogenated alkanes) is 1. The third-order valence-corrected chi connectivity index (χ3v) is 6.67. The maximum absolute atomic E-state index is 13.4. The van der Waals surface area contributed by atoms with Crippen molar-refractivity contribution in [2.24, 2.45) is 27.9 Å². The number of carboxylic acids is 1. The number of benzene rings is 1. The standard InChI is InChI=1S/C26H44N8O5S/c1-40-15-12-20(25(38)39)33-23(36)19(11-5-6-13-27)32-24(37)21(16-17-8-3-2-4-9-17)34-22(35)18(28)10-7-14-31-26(29)30/h2-4,8-9,18-21H,5-7,10-16,27-28H2,1H3,(H,32,37)(H,33,36)(H,34,35)(H,38,39)(H4,29,30,31). The number of rotatable bonds is 20. The number of aliphatic carboxylic acids is 1. The quantitative estimate of drug-likeness (QED) is 0.0533. The highest BCUT2D eigenvalue weighted by Crippen LogP contribution is 2.09. The van der Waals surface area contributed by atoms with Crippen LogP contribution in [0.3, 0.4) is 0 Å². The van der Waals surface area contributed by atoms with Crippen molar-refractivity contribution in [2.45, 2.75) is 69.1 Å². The SMILES string of the molecule is CSCCC(NC(=O)C(CCCCN)NC(=O)C(Cc1ccccc1)NC(=O)C(N)CCCN=C(N)N)C(=O)O. The van der Waals surface area contributed by atoms with Crippen molar-refractivity contribution in [2.75, 3.05) is 25.1 Å². The highest BCUT2D eigenvalue weighted by atomic mass is 32.2. The largest absolute Gasteiger partial charge is 0.480 e. The minimum Gasteiger partial charge on any atom is -0.480 e. The summed E-state index contributed by atoms with van der Waals surface area (Å²) in [5.41, 5.74) is 23.0. The van der Waals surface area contributed by atoms with Crippen molar-refractivity contribution in [3.05, 3.63) is 35.9 Å². The zero-order valence-corrected chi connectivity index (χ0v) is 23.8. The summed E-state index contributed by atoms with van der Waals surface area (Å²) in [5, 5.41) is 17.5. The Kier molecular flexibility index (Phi) is 17.0. The number of thioether (sulfide) groups is 1. The van der Waals surface area contributed by atoms with Crippen molar-refractivity contribution in [1.29, 1.82) is 0 Å². The molecule has 3 amide bonds. The van der Waals surface area contributed by atoms with Crippen LogP contribution in [-0.4, -0.2) is 84.0 Å². The number of amides is 3. The maximum Gasteiger partial charge on any atom is 0.326 e. The summed E-state index contributed by atoms with van der Waals surface area (Å²) in [6.45, 7) is 0.715. The van der Waals surface area contributed by atoms with Crippen LogP contribution in [0.5, 0.6) is 0 Å². The lowest BCUT2D eigenvalue weighted by atomic mass is 10.0. The average Bonchev–Trinajstić information content (AvgIpc) is 2.92. The first-order chi connectivity index (χ1) is 19.1. The van der Waals surface area contributed by atoms with Gasteiger partial charge >= 0.3 is 5.97 Å². The first kappa shape index (κ1) is 34.7. The molecule has 0 aliphatic carbocycles. The summed E-state index contributed by atoms with van der Waals surface area (Å²) in [6.07, 6.45) is 4.39. The van der Waals surface area contributed by atoms with E-state index in [4.69, 9.17) is 22.9 Å². The fraction of sp³-hybridized carbons (Fsp3) is 0.577. The minimum atomic E-state index is -1.16. The molecule has 0 bridgehead atoms. The van der Waals surface area contributed by atoms with Crippen LogP contribution in [0.25, 0.3) is 0 Å². The van der Waals surface area contributed by atoms with Crippen LogP contribution in [0.4, 0.5) is 0 Å². The Labute approximate surface area is 239 Å². The molecule has 0 spiro atoms. The molecule has 224 valence electrons. The van der Waals surface area contributed by atoms with E-state index in [1.165, 1.54) is 11.8 Å². The Morgan fingerprint density at radius 1 is 0.875 bits per heavy atom. The van der Waals surface area contributed by atoms with Gasteiger partial charge in [0.15, 0.2) is 5.96 Å². The highest BCUT2D eigenvalue weighted by Gasteiger charge is 2.30. The molecule has 0 aliphatic heterocycles. The van der Waals surface area contributed by atoms with Gasteiger partial charge in [0.2, 0.25) is 17.7 Å². The van der Waals surface area contributed by atoms with Crippen LogP contribution in [0.2, 0.25) is 0 Å². The first-order valence-corrected chi connectivity index (χ1v) is 14.7. The predicted molar refractivity (Wildman–Crippen MR) is 157 cm³/mol. The second-order valence-electron chi connectivity index (χ2n) is 9.33. The van der Waals surface area contributed by atoms with Crippen molar-refractivity contribution in [1.82, 2.24) is 16.0 Å². The summed E-state index contributed by atoms with van der Waals surface area (Å²) in [7, 11) is 0. The van der Waals surface area contributed by atoms with E-state index in [2.05, 4.69) is 20.9 Å². The zero-order chi connectivity index (χ0) is 29.9. The van der Waals surface area contributed by atoms with Gasteiger partial charge in [-0.05, 0) is 62.6 Å². The molecular weight excluding hydrogens is 536 g/mol. The Bertz CT molecular complexity index is 962. The number of carbonyl (C=O) groups excluding carboxylic acids is 3.